The average Bonchev–Trinajstić information content (AvgIpc) is 4.06. The number of carbonyl (C=O) groups is 4. The molecule has 4 aromatic rings. The van der Waals surface area contributed by atoms with Crippen molar-refractivity contribution in [2.75, 3.05) is 14.2 Å². The summed E-state index contributed by atoms with van der Waals surface area (Å²) in [6, 6.07) is 13.0. The highest BCUT2D eigenvalue weighted by Crippen LogP contribution is 2.51. The van der Waals surface area contributed by atoms with Crippen LogP contribution in [0.1, 0.15) is 90.0 Å². The molecule has 14 heteroatoms. The number of nitrogens with zero attached hydrogens (tertiary/aromatic N) is 4. The molecule has 2 aliphatic carbocycles. The largest absolute Gasteiger partial charge is 0.453 e. The number of benzene rings is 2. The number of aromatic amines is 2. The molecule has 4 N–H and O–H groups in total. The summed E-state index contributed by atoms with van der Waals surface area (Å²) in [7, 11) is 2.61. The maximum absolute atomic E-state index is 14.0. The van der Waals surface area contributed by atoms with Gasteiger partial charge in [0, 0.05) is 12.1 Å². The van der Waals surface area contributed by atoms with Crippen molar-refractivity contribution in [1.82, 2.24) is 40.4 Å². The van der Waals surface area contributed by atoms with Crippen LogP contribution in [0.15, 0.2) is 48.7 Å². The first-order chi connectivity index (χ1) is 26.9. The highest BCUT2D eigenvalue weighted by atomic mass is 16.5. The summed E-state index contributed by atoms with van der Waals surface area (Å²) in [5.41, 5.74) is 5.66. The Kier molecular flexibility index (Phi) is 10.00. The third-order valence-corrected chi connectivity index (χ3v) is 12.6. The number of ether oxygens (including phenoxy) is 2. The van der Waals surface area contributed by atoms with E-state index in [1.165, 1.54) is 14.2 Å². The van der Waals surface area contributed by atoms with E-state index >= 15 is 0 Å². The SMILES string of the molecule is COC(=O)N[C@H](C(=O)N1[C@@H]2CC[C@@H](C2)[C@H]1c1ncc(-c2ccc(-c3ccc4nc([C@@H]5[C@H]6CC[C@H](C6)N5C(=O)[C@@H](NC(=O)OC)C(C)C)[nH]c4c3)cc2)[nH]1)C(C)C. The van der Waals surface area contributed by atoms with E-state index in [9.17, 15) is 19.2 Å². The van der Waals surface area contributed by atoms with Gasteiger partial charge in [0.1, 0.15) is 23.7 Å². The van der Waals surface area contributed by atoms with Gasteiger partial charge in [-0.15, -0.1) is 0 Å². The summed E-state index contributed by atoms with van der Waals surface area (Å²) in [5.74, 6) is 1.75. The first-order valence-corrected chi connectivity index (χ1v) is 19.9. The Bertz CT molecular complexity index is 2130. The molecule has 4 amide bonds. The quantitative estimate of drug-likeness (QED) is 0.142. The highest BCUT2D eigenvalue weighted by Gasteiger charge is 2.53. The van der Waals surface area contributed by atoms with Gasteiger partial charge in [-0.25, -0.2) is 19.6 Å². The number of alkyl carbamates (subject to hydrolysis) is 2. The number of hydrogen-bond donors (Lipinski definition) is 4. The van der Waals surface area contributed by atoms with E-state index in [0.717, 1.165) is 83.6 Å². The lowest BCUT2D eigenvalue weighted by Crippen LogP contribution is -2.54. The smallest absolute Gasteiger partial charge is 0.407 e. The van der Waals surface area contributed by atoms with Crippen molar-refractivity contribution in [2.24, 2.45) is 23.7 Å². The third-order valence-electron chi connectivity index (χ3n) is 12.6. The predicted octanol–water partition coefficient (Wildman–Crippen LogP) is 6.49. The summed E-state index contributed by atoms with van der Waals surface area (Å²) >= 11 is 0. The van der Waals surface area contributed by atoms with Crippen LogP contribution < -0.4 is 10.6 Å². The van der Waals surface area contributed by atoms with Gasteiger partial charge in [-0.2, -0.15) is 0 Å². The minimum absolute atomic E-state index is 0.0952. The van der Waals surface area contributed by atoms with Crippen molar-refractivity contribution in [3.05, 3.63) is 60.3 Å². The number of hydrogen-bond acceptors (Lipinski definition) is 8. The van der Waals surface area contributed by atoms with Crippen molar-refractivity contribution in [2.45, 2.75) is 102 Å². The molecule has 8 atom stereocenters. The Labute approximate surface area is 326 Å². The molecular formula is C42H52N8O6. The molecule has 4 bridgehead atoms. The van der Waals surface area contributed by atoms with Gasteiger partial charge in [-0.05, 0) is 91.0 Å². The molecule has 0 radical (unpaired) electrons. The molecule has 8 rings (SSSR count). The maximum atomic E-state index is 14.0. The first-order valence-electron chi connectivity index (χ1n) is 19.9. The molecule has 296 valence electrons. The number of methoxy groups -OCH3 is 2. The maximum Gasteiger partial charge on any atom is 0.407 e. The molecule has 4 heterocycles. The molecule has 56 heavy (non-hydrogen) atoms. The second kappa shape index (κ2) is 14.9. The average molecular weight is 765 g/mol. The van der Waals surface area contributed by atoms with Crippen LogP contribution in [-0.2, 0) is 19.1 Å². The fraction of sp³-hybridized carbons (Fsp3) is 0.524. The van der Waals surface area contributed by atoms with Gasteiger partial charge in [0.2, 0.25) is 11.8 Å². The van der Waals surface area contributed by atoms with E-state index in [1.54, 1.807) is 0 Å². The lowest BCUT2D eigenvalue weighted by Gasteiger charge is -2.37. The molecule has 2 saturated carbocycles. The van der Waals surface area contributed by atoms with Gasteiger partial charge in [-0.1, -0.05) is 58.0 Å². The third kappa shape index (κ3) is 6.66. The van der Waals surface area contributed by atoms with Crippen LogP contribution >= 0.6 is 0 Å². The topological polar surface area (TPSA) is 175 Å². The van der Waals surface area contributed by atoms with Gasteiger partial charge < -0.3 is 39.9 Å². The monoisotopic (exact) mass is 764 g/mol. The number of piperidine rings is 2. The minimum Gasteiger partial charge on any atom is -0.453 e. The number of likely N-dealkylation sites (tertiary alicyclic amines) is 2. The normalized spacial score (nSPS) is 24.9. The fourth-order valence-electron chi connectivity index (χ4n) is 9.86. The van der Waals surface area contributed by atoms with Crippen molar-refractivity contribution in [3.8, 4) is 22.4 Å². The lowest BCUT2D eigenvalue weighted by molar-refractivity contribution is -0.140. The van der Waals surface area contributed by atoms with Crippen LogP contribution in [-0.4, -0.2) is 92.1 Å². The second-order valence-corrected chi connectivity index (χ2v) is 16.7. The molecule has 0 spiro atoms. The Morgan fingerprint density at radius 1 is 0.696 bits per heavy atom. The summed E-state index contributed by atoms with van der Waals surface area (Å²) < 4.78 is 9.65. The molecule has 4 aliphatic rings. The molecule has 0 unspecified atom stereocenters. The van der Waals surface area contributed by atoms with E-state index in [4.69, 9.17) is 19.4 Å². The second-order valence-electron chi connectivity index (χ2n) is 16.7. The van der Waals surface area contributed by atoms with E-state index < -0.39 is 24.3 Å². The predicted molar refractivity (Wildman–Crippen MR) is 209 cm³/mol. The van der Waals surface area contributed by atoms with Crippen molar-refractivity contribution in [1.29, 1.82) is 0 Å². The Morgan fingerprint density at radius 2 is 1.21 bits per heavy atom. The van der Waals surface area contributed by atoms with Crippen molar-refractivity contribution < 1.29 is 28.7 Å². The number of nitrogens with one attached hydrogen (secondary N) is 4. The van der Waals surface area contributed by atoms with Crippen LogP contribution in [0.5, 0.6) is 0 Å². The first kappa shape index (κ1) is 37.5. The number of amides is 4. The molecule has 2 aromatic heterocycles. The number of carbonyl (C=O) groups excluding carboxylic acids is 4. The zero-order chi connectivity index (χ0) is 39.4. The number of fused-ring (bicyclic) bond motifs is 5. The molecule has 14 nitrogen and oxygen atoms in total. The summed E-state index contributed by atoms with van der Waals surface area (Å²) in [4.78, 5) is 73.0. The number of rotatable bonds is 10. The number of imidazole rings is 2. The van der Waals surface area contributed by atoms with Crippen LogP contribution in [0.25, 0.3) is 33.4 Å². The van der Waals surface area contributed by atoms with Gasteiger partial charge in [0.05, 0.1) is 49.2 Å². The van der Waals surface area contributed by atoms with Crippen LogP contribution in [0.3, 0.4) is 0 Å². The van der Waals surface area contributed by atoms with E-state index in [0.29, 0.717) is 11.8 Å². The standard InChI is InChI=1S/C42H52N8O6/c1-21(2)33(47-41(53)55-5)39(51)49-28-14-11-26(17-28)35(49)37-43-20-32(46-37)24-9-7-23(8-10-24)25-13-16-30-31(19-25)45-38(44-30)36-27-12-15-29(18-27)50(36)40(52)34(22(3)4)48-42(54)56-6/h7-10,13,16,19-22,26-29,33-36H,11-12,14-15,17-18H2,1-6H3,(H,43,46)(H,44,45)(H,47,53)(H,48,54)/t26-,27-,28+,29+,33-,34-,35-,36-/m0/s1. The summed E-state index contributed by atoms with van der Waals surface area (Å²) in [5, 5.41) is 5.52. The van der Waals surface area contributed by atoms with Gasteiger partial charge >= 0.3 is 12.2 Å². The summed E-state index contributed by atoms with van der Waals surface area (Å²) in [6.45, 7) is 7.71. The Balaban J connectivity index is 1.00. The number of H-pyrrole nitrogens is 2. The number of aromatic nitrogens is 4. The zero-order valence-corrected chi connectivity index (χ0v) is 32.9. The Morgan fingerprint density at radius 3 is 1.75 bits per heavy atom. The molecule has 2 saturated heterocycles. The van der Waals surface area contributed by atoms with Crippen molar-refractivity contribution in [3.63, 3.8) is 0 Å². The van der Waals surface area contributed by atoms with Gasteiger partial charge in [0.25, 0.3) is 0 Å². The molecule has 2 aliphatic heterocycles. The van der Waals surface area contributed by atoms with Crippen LogP contribution in [0, 0.1) is 23.7 Å². The minimum atomic E-state index is -0.687. The van der Waals surface area contributed by atoms with Crippen LogP contribution in [0.4, 0.5) is 9.59 Å². The van der Waals surface area contributed by atoms with Crippen LogP contribution in [0.2, 0.25) is 0 Å². The lowest BCUT2D eigenvalue weighted by atomic mass is 9.95. The van der Waals surface area contributed by atoms with Gasteiger partial charge in [0.15, 0.2) is 0 Å². The molecular weight excluding hydrogens is 713 g/mol. The fourth-order valence-corrected chi connectivity index (χ4v) is 9.86. The highest BCUT2D eigenvalue weighted by molar-refractivity contribution is 5.88. The van der Waals surface area contributed by atoms with Gasteiger partial charge in [-0.3, -0.25) is 9.59 Å². The van der Waals surface area contributed by atoms with E-state index in [1.807, 2.05) is 49.8 Å². The van der Waals surface area contributed by atoms with E-state index in [2.05, 4.69) is 57.0 Å². The molecule has 4 fully saturated rings. The zero-order valence-electron chi connectivity index (χ0n) is 32.9. The summed E-state index contributed by atoms with van der Waals surface area (Å²) in [6.07, 6.45) is 6.44. The van der Waals surface area contributed by atoms with E-state index in [-0.39, 0.29) is 47.8 Å². The van der Waals surface area contributed by atoms with Crippen molar-refractivity contribution >= 4 is 35.0 Å². The Hall–Kier alpha value is -5.40. The molecule has 2 aromatic carbocycles.